The largest absolute Gasteiger partial charge is 0.465 e. The fourth-order valence-corrected chi connectivity index (χ4v) is 3.67. The molecule has 10 heteroatoms. The van der Waals surface area contributed by atoms with Crippen molar-refractivity contribution in [2.75, 3.05) is 13.2 Å². The zero-order chi connectivity index (χ0) is 19.7. The van der Waals surface area contributed by atoms with E-state index in [9.17, 15) is 23.9 Å². The minimum absolute atomic E-state index is 0.0383. The first-order chi connectivity index (χ1) is 12.8. The second-order valence-corrected chi connectivity index (χ2v) is 7.04. The van der Waals surface area contributed by atoms with Crippen LogP contribution in [0.1, 0.15) is 25.8 Å². The molecule has 1 aromatic carbocycles. The number of carbonyl (C=O) groups excluding carboxylic acids is 2. The van der Waals surface area contributed by atoms with Crippen molar-refractivity contribution in [3.8, 4) is 0 Å². The Morgan fingerprint density at radius 1 is 1.44 bits per heavy atom. The highest BCUT2D eigenvalue weighted by atomic mass is 79.9. The zero-order valence-electron chi connectivity index (χ0n) is 14.4. The molecular weight excluding hydrogens is 425 g/mol. The van der Waals surface area contributed by atoms with Gasteiger partial charge in [-0.3, -0.25) is 9.69 Å². The lowest BCUT2D eigenvalue weighted by atomic mass is 10.0. The second kappa shape index (κ2) is 7.63. The summed E-state index contributed by atoms with van der Waals surface area (Å²) in [6.45, 7) is 1.84. The summed E-state index contributed by atoms with van der Waals surface area (Å²) in [7, 11) is 0. The summed E-state index contributed by atoms with van der Waals surface area (Å²) in [5.41, 5.74) is 0.255. The van der Waals surface area contributed by atoms with Gasteiger partial charge in [-0.25, -0.2) is 18.7 Å². The number of carboxylic acid groups (broad SMARTS) is 1. The van der Waals surface area contributed by atoms with Gasteiger partial charge in [0, 0.05) is 17.2 Å². The Balaban J connectivity index is 2.04. The molecule has 2 unspecified atom stereocenters. The molecule has 0 bridgehead atoms. The number of hydrogen-bond donors (Lipinski definition) is 1. The van der Waals surface area contributed by atoms with Crippen LogP contribution < -0.4 is 0 Å². The summed E-state index contributed by atoms with van der Waals surface area (Å²) < 4.78 is 20.7. The fourth-order valence-electron chi connectivity index (χ4n) is 3.25. The summed E-state index contributed by atoms with van der Waals surface area (Å²) in [5.74, 6) is -2.05. The summed E-state index contributed by atoms with van der Waals surface area (Å²) in [6.07, 6.45) is 0.855. The SMILES string of the molecule is CCOC(=O)C(C(=O)C1CCCN1C(=O)O)n1cc2c(F)cc(Br)cc2n1. The minimum Gasteiger partial charge on any atom is -0.465 e. The van der Waals surface area contributed by atoms with Crippen molar-refractivity contribution >= 4 is 44.7 Å². The van der Waals surface area contributed by atoms with E-state index in [0.29, 0.717) is 17.3 Å². The summed E-state index contributed by atoms with van der Waals surface area (Å²) in [6, 6.07) is 0.348. The highest BCUT2D eigenvalue weighted by Crippen LogP contribution is 2.27. The average molecular weight is 442 g/mol. The molecule has 2 heterocycles. The lowest BCUT2D eigenvalue weighted by Crippen LogP contribution is -2.45. The topological polar surface area (TPSA) is 102 Å². The van der Waals surface area contributed by atoms with Crippen molar-refractivity contribution < 1.29 is 28.6 Å². The number of aromatic nitrogens is 2. The maximum Gasteiger partial charge on any atom is 0.407 e. The maximum atomic E-state index is 14.2. The zero-order valence-corrected chi connectivity index (χ0v) is 16.0. The minimum atomic E-state index is -1.49. The Morgan fingerprint density at radius 2 is 2.19 bits per heavy atom. The first-order valence-corrected chi connectivity index (χ1v) is 9.16. The lowest BCUT2D eigenvalue weighted by Gasteiger charge is -2.24. The van der Waals surface area contributed by atoms with Crippen molar-refractivity contribution in [2.24, 2.45) is 0 Å². The molecule has 2 atom stereocenters. The van der Waals surface area contributed by atoms with Gasteiger partial charge in [-0.1, -0.05) is 15.9 Å². The normalized spacial score (nSPS) is 17.9. The highest BCUT2D eigenvalue weighted by molar-refractivity contribution is 9.10. The van der Waals surface area contributed by atoms with E-state index in [1.807, 2.05) is 0 Å². The van der Waals surface area contributed by atoms with Crippen molar-refractivity contribution in [1.82, 2.24) is 14.7 Å². The molecule has 2 aromatic rings. The van der Waals surface area contributed by atoms with Gasteiger partial charge in [-0.2, -0.15) is 5.10 Å². The molecule has 144 valence electrons. The third kappa shape index (κ3) is 3.66. The molecule has 3 rings (SSSR count). The molecule has 8 nitrogen and oxygen atoms in total. The molecule has 1 fully saturated rings. The molecule has 1 saturated heterocycles. The van der Waals surface area contributed by atoms with Crippen LogP contribution in [0.4, 0.5) is 9.18 Å². The molecular formula is C17H17BrFN3O5. The van der Waals surface area contributed by atoms with E-state index in [0.717, 1.165) is 9.58 Å². The van der Waals surface area contributed by atoms with E-state index in [4.69, 9.17) is 4.74 Å². The molecule has 1 aromatic heterocycles. The number of rotatable bonds is 5. The first kappa shape index (κ1) is 19.3. The number of ether oxygens (including phenoxy) is 1. The van der Waals surface area contributed by atoms with Crippen LogP contribution >= 0.6 is 15.9 Å². The summed E-state index contributed by atoms with van der Waals surface area (Å²) in [4.78, 5) is 37.9. The molecule has 1 aliphatic heterocycles. The van der Waals surface area contributed by atoms with Gasteiger partial charge in [0.1, 0.15) is 5.82 Å². The van der Waals surface area contributed by atoms with Crippen molar-refractivity contribution in [3.05, 3.63) is 28.6 Å². The predicted octanol–water partition coefficient (Wildman–Crippen LogP) is 2.75. The van der Waals surface area contributed by atoms with Gasteiger partial charge in [-0.05, 0) is 31.9 Å². The van der Waals surface area contributed by atoms with Crippen molar-refractivity contribution in [2.45, 2.75) is 31.8 Å². The molecule has 0 spiro atoms. The van der Waals surface area contributed by atoms with Gasteiger partial charge in [0.25, 0.3) is 0 Å². The van der Waals surface area contributed by atoms with Gasteiger partial charge in [-0.15, -0.1) is 0 Å². The Labute approximate surface area is 162 Å². The van der Waals surface area contributed by atoms with Crippen LogP contribution in [0.2, 0.25) is 0 Å². The Hall–Kier alpha value is -2.49. The molecule has 1 N–H and O–H groups in total. The number of likely N-dealkylation sites (tertiary alicyclic amines) is 1. The average Bonchev–Trinajstić information content (AvgIpc) is 3.22. The quantitative estimate of drug-likeness (QED) is 0.565. The van der Waals surface area contributed by atoms with Crippen LogP contribution in [0.5, 0.6) is 0 Å². The van der Waals surface area contributed by atoms with Crippen LogP contribution in [0.3, 0.4) is 0 Å². The number of benzene rings is 1. The number of amides is 1. The van der Waals surface area contributed by atoms with Crippen molar-refractivity contribution in [3.63, 3.8) is 0 Å². The number of hydrogen-bond acceptors (Lipinski definition) is 5. The number of nitrogens with zero attached hydrogens (tertiary/aromatic N) is 3. The molecule has 1 amide bonds. The van der Waals surface area contributed by atoms with Gasteiger partial charge in [0.05, 0.1) is 23.6 Å². The van der Waals surface area contributed by atoms with Crippen molar-refractivity contribution in [1.29, 1.82) is 0 Å². The van der Waals surface area contributed by atoms with Gasteiger partial charge >= 0.3 is 12.1 Å². The first-order valence-electron chi connectivity index (χ1n) is 8.37. The van der Waals surface area contributed by atoms with Crippen LogP contribution in [0.25, 0.3) is 10.9 Å². The second-order valence-electron chi connectivity index (χ2n) is 6.12. The smallest absolute Gasteiger partial charge is 0.407 e. The summed E-state index contributed by atoms with van der Waals surface area (Å²) in [5, 5.41) is 13.6. The predicted molar refractivity (Wildman–Crippen MR) is 95.8 cm³/mol. The van der Waals surface area contributed by atoms with Gasteiger partial charge in [0.2, 0.25) is 6.04 Å². The van der Waals surface area contributed by atoms with Crippen LogP contribution in [-0.4, -0.2) is 56.8 Å². The Morgan fingerprint density at radius 3 is 2.85 bits per heavy atom. The van der Waals surface area contributed by atoms with E-state index in [2.05, 4.69) is 21.0 Å². The Kier molecular flexibility index (Phi) is 5.45. The van der Waals surface area contributed by atoms with Crippen LogP contribution in [0.15, 0.2) is 22.8 Å². The molecule has 0 saturated carbocycles. The molecule has 0 radical (unpaired) electrons. The van der Waals surface area contributed by atoms with E-state index in [1.54, 1.807) is 13.0 Å². The van der Waals surface area contributed by atoms with E-state index < -0.39 is 35.7 Å². The van der Waals surface area contributed by atoms with Gasteiger partial charge < -0.3 is 9.84 Å². The standard InChI is InChI=1S/C17H17BrFN3O5/c1-2-27-16(24)14(15(23)13-4-3-5-21(13)17(25)26)22-8-10-11(19)6-9(18)7-12(10)20-22/h6-8,13-14H,2-5H2,1H3,(H,25,26). The number of carbonyl (C=O) groups is 3. The monoisotopic (exact) mass is 441 g/mol. The fraction of sp³-hybridized carbons (Fsp3) is 0.412. The molecule has 1 aliphatic rings. The van der Waals surface area contributed by atoms with Crippen LogP contribution in [-0.2, 0) is 14.3 Å². The van der Waals surface area contributed by atoms with Gasteiger partial charge in [0.15, 0.2) is 5.78 Å². The van der Waals surface area contributed by atoms with E-state index in [-0.39, 0.29) is 24.1 Å². The molecule has 0 aliphatic carbocycles. The highest BCUT2D eigenvalue weighted by Gasteiger charge is 2.42. The summed E-state index contributed by atoms with van der Waals surface area (Å²) >= 11 is 3.17. The number of Topliss-reactive ketones (excluding diaryl/α,β-unsaturated/α-hetero) is 1. The number of fused-ring (bicyclic) bond motifs is 1. The van der Waals surface area contributed by atoms with E-state index >= 15 is 0 Å². The number of ketones is 1. The third-order valence-corrected chi connectivity index (χ3v) is 4.89. The van der Waals surface area contributed by atoms with E-state index in [1.165, 1.54) is 12.3 Å². The lowest BCUT2D eigenvalue weighted by molar-refractivity contribution is -0.152. The Bertz CT molecular complexity index is 915. The van der Waals surface area contributed by atoms with Crippen LogP contribution in [0, 0.1) is 5.82 Å². The maximum absolute atomic E-state index is 14.2. The third-order valence-electron chi connectivity index (χ3n) is 4.43. The molecule has 27 heavy (non-hydrogen) atoms. The number of halogens is 2. The number of esters is 1.